The van der Waals surface area contributed by atoms with Crippen molar-refractivity contribution in [3.63, 3.8) is 0 Å². The maximum atomic E-state index is 12.3. The van der Waals surface area contributed by atoms with Crippen LogP contribution in [0.4, 0.5) is 0 Å². The predicted molar refractivity (Wildman–Crippen MR) is 107 cm³/mol. The summed E-state index contributed by atoms with van der Waals surface area (Å²) in [6, 6.07) is 16.7. The molecule has 0 atom stereocenters. The summed E-state index contributed by atoms with van der Waals surface area (Å²) in [6.45, 7) is 1.85. The molecule has 0 aliphatic heterocycles. The highest BCUT2D eigenvalue weighted by molar-refractivity contribution is 5.92. The fraction of sp³-hybridized carbons (Fsp3) is 0.350. The minimum absolute atomic E-state index is 0. The summed E-state index contributed by atoms with van der Waals surface area (Å²) in [6.07, 6.45) is 0.653. The molecule has 0 saturated carbocycles. The summed E-state index contributed by atoms with van der Waals surface area (Å²) < 4.78 is 5.67. The van der Waals surface area contributed by atoms with Crippen molar-refractivity contribution in [2.24, 2.45) is 0 Å². The molecule has 0 saturated heterocycles. The third-order valence-corrected chi connectivity index (χ3v) is 3.68. The van der Waals surface area contributed by atoms with Crippen molar-refractivity contribution in [3.05, 3.63) is 65.7 Å². The van der Waals surface area contributed by atoms with Gasteiger partial charge in [-0.2, -0.15) is 0 Å². The summed E-state index contributed by atoms with van der Waals surface area (Å²) in [4.78, 5) is 24.8. The standard InChI is InChI=1S/C20H26N2O4.ClH/c1-21(2)14-16-25-19-11-9-17(10-12-19)13-15-26-22(24-3)20(23)18-7-5-4-6-8-18;/h4-12H,13-16H2,1-3H3;1H. The van der Waals surface area contributed by atoms with E-state index >= 15 is 0 Å². The molecule has 6 nitrogen and oxygen atoms in total. The molecule has 0 heterocycles. The van der Waals surface area contributed by atoms with E-state index in [9.17, 15) is 4.79 Å². The zero-order valence-corrected chi connectivity index (χ0v) is 16.8. The maximum Gasteiger partial charge on any atom is 0.303 e. The van der Waals surface area contributed by atoms with E-state index in [0.29, 0.717) is 25.2 Å². The number of amides is 1. The SMILES string of the molecule is CON(OCCc1ccc(OCCN(C)C)cc1)C(=O)c1ccccc1.Cl. The smallest absolute Gasteiger partial charge is 0.303 e. The minimum atomic E-state index is -0.335. The second kappa shape index (κ2) is 12.3. The van der Waals surface area contributed by atoms with Crippen LogP contribution in [0.1, 0.15) is 15.9 Å². The van der Waals surface area contributed by atoms with Gasteiger partial charge in [-0.05, 0) is 50.3 Å². The van der Waals surface area contributed by atoms with E-state index in [4.69, 9.17) is 14.4 Å². The number of ether oxygens (including phenoxy) is 1. The number of carbonyl (C=O) groups excluding carboxylic acids is 1. The van der Waals surface area contributed by atoms with Gasteiger partial charge in [0.05, 0.1) is 13.7 Å². The van der Waals surface area contributed by atoms with Crippen molar-refractivity contribution in [2.75, 3.05) is 41.0 Å². The van der Waals surface area contributed by atoms with Crippen LogP contribution in [0.15, 0.2) is 54.6 Å². The molecule has 0 bridgehead atoms. The molecule has 0 aliphatic rings. The van der Waals surface area contributed by atoms with Crippen molar-refractivity contribution in [1.82, 2.24) is 10.1 Å². The van der Waals surface area contributed by atoms with Gasteiger partial charge in [0.1, 0.15) is 12.4 Å². The number of nitrogens with zero attached hydrogens (tertiary/aromatic N) is 2. The van der Waals surface area contributed by atoms with E-state index in [2.05, 4.69) is 4.90 Å². The number of hydrogen-bond donors (Lipinski definition) is 0. The van der Waals surface area contributed by atoms with Gasteiger partial charge in [-0.25, -0.2) is 9.68 Å². The summed E-state index contributed by atoms with van der Waals surface area (Å²) in [5, 5.41) is 0.911. The van der Waals surface area contributed by atoms with Crippen molar-refractivity contribution in [3.8, 4) is 5.75 Å². The lowest BCUT2D eigenvalue weighted by Crippen LogP contribution is -2.31. The fourth-order valence-electron chi connectivity index (χ4n) is 2.23. The Morgan fingerprint density at radius 2 is 1.63 bits per heavy atom. The van der Waals surface area contributed by atoms with Crippen LogP contribution in [0.25, 0.3) is 0 Å². The summed E-state index contributed by atoms with van der Waals surface area (Å²) in [7, 11) is 5.43. The number of halogens is 1. The van der Waals surface area contributed by atoms with Gasteiger partial charge in [-0.3, -0.25) is 4.79 Å². The molecule has 2 rings (SSSR count). The van der Waals surface area contributed by atoms with Crippen LogP contribution in [0.2, 0.25) is 0 Å². The number of hydroxylamine groups is 2. The highest BCUT2D eigenvalue weighted by atomic mass is 35.5. The van der Waals surface area contributed by atoms with E-state index in [0.717, 1.165) is 23.1 Å². The van der Waals surface area contributed by atoms with Gasteiger partial charge in [0, 0.05) is 12.1 Å². The number of benzene rings is 2. The minimum Gasteiger partial charge on any atom is -0.492 e. The molecule has 0 radical (unpaired) electrons. The molecule has 148 valence electrons. The zero-order valence-electron chi connectivity index (χ0n) is 16.0. The molecule has 27 heavy (non-hydrogen) atoms. The average Bonchev–Trinajstić information content (AvgIpc) is 2.66. The average molecular weight is 395 g/mol. The van der Waals surface area contributed by atoms with E-state index in [-0.39, 0.29) is 18.3 Å². The van der Waals surface area contributed by atoms with Crippen LogP contribution >= 0.6 is 12.4 Å². The fourth-order valence-corrected chi connectivity index (χ4v) is 2.23. The maximum absolute atomic E-state index is 12.3. The highest BCUT2D eigenvalue weighted by Crippen LogP contribution is 2.13. The molecule has 0 aromatic heterocycles. The Bertz CT molecular complexity index is 665. The third-order valence-electron chi connectivity index (χ3n) is 3.68. The number of carbonyl (C=O) groups is 1. The molecular weight excluding hydrogens is 368 g/mol. The van der Waals surface area contributed by atoms with Crippen LogP contribution in [-0.4, -0.2) is 57.0 Å². The largest absolute Gasteiger partial charge is 0.492 e. The first-order valence-electron chi connectivity index (χ1n) is 8.53. The number of hydrogen-bond acceptors (Lipinski definition) is 5. The summed E-state index contributed by atoms with van der Waals surface area (Å²) >= 11 is 0. The second-order valence-electron chi connectivity index (χ2n) is 5.99. The highest BCUT2D eigenvalue weighted by Gasteiger charge is 2.16. The van der Waals surface area contributed by atoms with Gasteiger partial charge < -0.3 is 9.64 Å². The molecule has 0 spiro atoms. The van der Waals surface area contributed by atoms with Crippen molar-refractivity contribution < 1.29 is 19.2 Å². The van der Waals surface area contributed by atoms with Crippen LogP contribution in [-0.2, 0) is 16.1 Å². The molecular formula is C20H27ClN2O4. The van der Waals surface area contributed by atoms with E-state index < -0.39 is 0 Å². The first-order valence-corrected chi connectivity index (χ1v) is 8.53. The van der Waals surface area contributed by atoms with Gasteiger partial charge >= 0.3 is 5.91 Å². The predicted octanol–water partition coefficient (Wildman–Crippen LogP) is 3.23. The van der Waals surface area contributed by atoms with Gasteiger partial charge in [0.15, 0.2) is 0 Å². The molecule has 0 aliphatic carbocycles. The first-order chi connectivity index (χ1) is 12.6. The summed E-state index contributed by atoms with van der Waals surface area (Å²) in [5.41, 5.74) is 1.60. The first kappa shape index (κ1) is 22.9. The molecule has 2 aromatic rings. The van der Waals surface area contributed by atoms with Crippen LogP contribution in [0.3, 0.4) is 0 Å². The number of rotatable bonds is 10. The Morgan fingerprint density at radius 1 is 0.963 bits per heavy atom. The monoisotopic (exact) mass is 394 g/mol. The van der Waals surface area contributed by atoms with E-state index in [1.807, 2.05) is 44.4 Å². The molecule has 1 amide bonds. The Morgan fingerprint density at radius 3 is 2.22 bits per heavy atom. The Balaban J connectivity index is 0.00000364. The van der Waals surface area contributed by atoms with Gasteiger partial charge in [0.2, 0.25) is 0 Å². The van der Waals surface area contributed by atoms with E-state index in [1.54, 1.807) is 24.3 Å². The van der Waals surface area contributed by atoms with Crippen molar-refractivity contribution in [1.29, 1.82) is 0 Å². The van der Waals surface area contributed by atoms with Crippen LogP contribution in [0, 0.1) is 0 Å². The van der Waals surface area contributed by atoms with Crippen molar-refractivity contribution in [2.45, 2.75) is 6.42 Å². The Kier molecular flexibility index (Phi) is 10.4. The summed E-state index contributed by atoms with van der Waals surface area (Å²) in [5.74, 6) is 0.507. The van der Waals surface area contributed by atoms with E-state index in [1.165, 1.54) is 7.11 Å². The quantitative estimate of drug-likeness (QED) is 0.579. The lowest BCUT2D eigenvalue weighted by Gasteiger charge is -2.18. The number of likely N-dealkylation sites (N-methyl/N-ethyl adjacent to an activating group) is 1. The Hall–Kier alpha value is -2.12. The molecule has 2 aromatic carbocycles. The van der Waals surface area contributed by atoms with Gasteiger partial charge in [-0.1, -0.05) is 35.6 Å². The molecule has 0 unspecified atom stereocenters. The molecule has 0 N–H and O–H groups in total. The normalized spacial score (nSPS) is 10.4. The van der Waals surface area contributed by atoms with Crippen molar-refractivity contribution >= 4 is 18.3 Å². The third kappa shape index (κ3) is 7.97. The zero-order chi connectivity index (χ0) is 18.8. The lowest BCUT2D eigenvalue weighted by molar-refractivity contribution is -0.313. The van der Waals surface area contributed by atoms with Gasteiger partial charge in [-0.15, -0.1) is 12.4 Å². The molecule has 7 heteroatoms. The Labute approximate surface area is 166 Å². The molecule has 0 fully saturated rings. The lowest BCUT2D eigenvalue weighted by atomic mass is 10.1. The topological polar surface area (TPSA) is 51.2 Å². The van der Waals surface area contributed by atoms with Gasteiger partial charge in [0.25, 0.3) is 0 Å². The van der Waals surface area contributed by atoms with Crippen LogP contribution in [0.5, 0.6) is 5.75 Å². The second-order valence-corrected chi connectivity index (χ2v) is 5.99. The van der Waals surface area contributed by atoms with Crippen LogP contribution < -0.4 is 4.74 Å².